The Bertz CT molecular complexity index is 501. The van der Waals surface area contributed by atoms with Crippen LogP contribution in [0.2, 0.25) is 0 Å². The summed E-state index contributed by atoms with van der Waals surface area (Å²) in [5.41, 5.74) is 7.18. The Morgan fingerprint density at radius 3 is 2.05 bits per heavy atom. The fourth-order valence-corrected chi connectivity index (χ4v) is 3.09. The van der Waals surface area contributed by atoms with Gasteiger partial charge in [-0.05, 0) is 23.5 Å². The average molecular weight is 284 g/mol. The van der Waals surface area contributed by atoms with Crippen molar-refractivity contribution in [3.8, 4) is 0 Å². The minimum Gasteiger partial charge on any atom is -0.326 e. The molecule has 0 saturated carbocycles. The summed E-state index contributed by atoms with van der Waals surface area (Å²) in [7, 11) is -3.32. The Balaban J connectivity index is 2.74. The fraction of sp³-hybridized carbons (Fsp3) is 0.571. The highest BCUT2D eigenvalue weighted by Gasteiger charge is 2.24. The molecule has 1 unspecified atom stereocenters. The van der Waals surface area contributed by atoms with Crippen LogP contribution in [-0.4, -0.2) is 14.5 Å². The highest BCUT2D eigenvalue weighted by molar-refractivity contribution is 7.88. The zero-order chi connectivity index (χ0) is 14.7. The van der Waals surface area contributed by atoms with E-state index in [1.54, 1.807) is 0 Å². The van der Waals surface area contributed by atoms with E-state index in [2.05, 4.69) is 4.72 Å². The molecule has 1 aromatic carbocycles. The van der Waals surface area contributed by atoms with Crippen molar-refractivity contribution in [2.75, 3.05) is 0 Å². The summed E-state index contributed by atoms with van der Waals surface area (Å²) in [4.78, 5) is 0. The Kier molecular flexibility index (Phi) is 5.12. The van der Waals surface area contributed by atoms with Gasteiger partial charge in [-0.15, -0.1) is 0 Å². The zero-order valence-corrected chi connectivity index (χ0v) is 12.9. The molecule has 0 spiro atoms. The van der Waals surface area contributed by atoms with Crippen molar-refractivity contribution in [3.05, 3.63) is 35.4 Å². The van der Waals surface area contributed by atoms with Crippen LogP contribution in [0.4, 0.5) is 0 Å². The number of nitrogens with one attached hydrogen (secondary N) is 1. The molecule has 1 atom stereocenters. The number of hydrogen-bond acceptors (Lipinski definition) is 3. The number of benzene rings is 1. The zero-order valence-electron chi connectivity index (χ0n) is 12.1. The quantitative estimate of drug-likeness (QED) is 0.868. The van der Waals surface area contributed by atoms with E-state index in [-0.39, 0.29) is 17.2 Å². The number of sulfonamides is 1. The van der Waals surface area contributed by atoms with Crippen LogP contribution in [0.5, 0.6) is 0 Å². The monoisotopic (exact) mass is 284 g/mol. The van der Waals surface area contributed by atoms with E-state index in [0.717, 1.165) is 11.1 Å². The molecule has 0 radical (unpaired) electrons. The van der Waals surface area contributed by atoms with Gasteiger partial charge in [0.15, 0.2) is 0 Å². The summed E-state index contributed by atoms with van der Waals surface area (Å²) >= 11 is 0. The third-order valence-electron chi connectivity index (χ3n) is 3.27. The number of hydrogen-bond donors (Lipinski definition) is 2. The Morgan fingerprint density at radius 2 is 1.63 bits per heavy atom. The molecule has 0 bridgehead atoms. The second kappa shape index (κ2) is 6.03. The van der Waals surface area contributed by atoms with Crippen molar-refractivity contribution < 1.29 is 8.42 Å². The van der Waals surface area contributed by atoms with Gasteiger partial charge in [-0.25, -0.2) is 13.1 Å². The molecular formula is C14H24N2O2S. The first-order valence-electron chi connectivity index (χ1n) is 6.42. The van der Waals surface area contributed by atoms with Crippen molar-refractivity contribution >= 4 is 10.0 Å². The maximum absolute atomic E-state index is 12.1. The predicted octanol–water partition coefficient (Wildman–Crippen LogP) is 2.00. The van der Waals surface area contributed by atoms with Gasteiger partial charge in [0.25, 0.3) is 0 Å². The lowest BCUT2D eigenvalue weighted by atomic mass is 9.89. The maximum Gasteiger partial charge on any atom is 0.216 e. The Morgan fingerprint density at radius 1 is 1.16 bits per heavy atom. The molecule has 4 nitrogen and oxygen atoms in total. The minimum atomic E-state index is -3.32. The standard InChI is InChI=1S/C14H24N2O2S/c1-11(14(2,3)4)16-19(17,18)10-13-7-5-12(9-15)6-8-13/h5-8,11,16H,9-10,15H2,1-4H3. The summed E-state index contributed by atoms with van der Waals surface area (Å²) in [5.74, 6) is -0.00171. The molecule has 0 heterocycles. The lowest BCUT2D eigenvalue weighted by Crippen LogP contribution is -2.41. The van der Waals surface area contributed by atoms with E-state index >= 15 is 0 Å². The number of rotatable bonds is 5. The highest BCUT2D eigenvalue weighted by Crippen LogP contribution is 2.20. The van der Waals surface area contributed by atoms with E-state index < -0.39 is 10.0 Å². The van der Waals surface area contributed by atoms with Gasteiger partial charge in [-0.1, -0.05) is 45.0 Å². The topological polar surface area (TPSA) is 72.2 Å². The molecule has 0 amide bonds. The lowest BCUT2D eigenvalue weighted by molar-refractivity contribution is 0.317. The molecule has 108 valence electrons. The van der Waals surface area contributed by atoms with E-state index in [4.69, 9.17) is 5.73 Å². The van der Waals surface area contributed by atoms with Crippen molar-refractivity contribution in [2.45, 2.75) is 46.0 Å². The van der Waals surface area contributed by atoms with Crippen LogP contribution in [0.3, 0.4) is 0 Å². The van der Waals surface area contributed by atoms with Gasteiger partial charge in [0.2, 0.25) is 10.0 Å². The van der Waals surface area contributed by atoms with Gasteiger partial charge in [-0.3, -0.25) is 0 Å². The normalized spacial score (nSPS) is 14.4. The van der Waals surface area contributed by atoms with Crippen LogP contribution in [-0.2, 0) is 22.3 Å². The summed E-state index contributed by atoms with van der Waals surface area (Å²) < 4.78 is 26.9. The molecule has 1 rings (SSSR count). The third-order valence-corrected chi connectivity index (χ3v) is 4.70. The van der Waals surface area contributed by atoms with Crippen molar-refractivity contribution in [3.63, 3.8) is 0 Å². The molecule has 0 aromatic heterocycles. The van der Waals surface area contributed by atoms with Crippen molar-refractivity contribution in [1.82, 2.24) is 4.72 Å². The first-order chi connectivity index (χ1) is 8.64. The molecule has 0 saturated heterocycles. The van der Waals surface area contributed by atoms with Crippen LogP contribution in [0.15, 0.2) is 24.3 Å². The maximum atomic E-state index is 12.1. The smallest absolute Gasteiger partial charge is 0.216 e. The largest absolute Gasteiger partial charge is 0.326 e. The van der Waals surface area contributed by atoms with Gasteiger partial charge in [-0.2, -0.15) is 0 Å². The Labute approximate surface area is 116 Å². The summed E-state index contributed by atoms with van der Waals surface area (Å²) in [5, 5.41) is 0. The molecule has 0 aliphatic heterocycles. The van der Waals surface area contributed by atoms with E-state index in [1.165, 1.54) is 0 Å². The average Bonchev–Trinajstić information content (AvgIpc) is 2.27. The predicted molar refractivity (Wildman–Crippen MR) is 79.0 cm³/mol. The van der Waals surface area contributed by atoms with Gasteiger partial charge in [0.1, 0.15) is 0 Å². The van der Waals surface area contributed by atoms with E-state index in [1.807, 2.05) is 52.0 Å². The highest BCUT2D eigenvalue weighted by atomic mass is 32.2. The molecule has 19 heavy (non-hydrogen) atoms. The summed E-state index contributed by atoms with van der Waals surface area (Å²) in [6.45, 7) is 8.38. The van der Waals surface area contributed by atoms with Crippen LogP contribution in [0.25, 0.3) is 0 Å². The summed E-state index contributed by atoms with van der Waals surface area (Å²) in [6, 6.07) is 7.23. The summed E-state index contributed by atoms with van der Waals surface area (Å²) in [6.07, 6.45) is 0. The van der Waals surface area contributed by atoms with Gasteiger partial charge in [0.05, 0.1) is 5.75 Å². The molecule has 0 aliphatic carbocycles. The van der Waals surface area contributed by atoms with Crippen LogP contribution < -0.4 is 10.5 Å². The fourth-order valence-electron chi connectivity index (χ4n) is 1.48. The lowest BCUT2D eigenvalue weighted by Gasteiger charge is -2.27. The van der Waals surface area contributed by atoms with Crippen LogP contribution in [0, 0.1) is 5.41 Å². The second-order valence-electron chi connectivity index (χ2n) is 5.99. The van der Waals surface area contributed by atoms with Crippen LogP contribution in [0.1, 0.15) is 38.8 Å². The molecule has 0 aliphatic rings. The van der Waals surface area contributed by atoms with Gasteiger partial charge < -0.3 is 5.73 Å². The van der Waals surface area contributed by atoms with Crippen molar-refractivity contribution in [1.29, 1.82) is 0 Å². The molecule has 3 N–H and O–H groups in total. The number of nitrogens with two attached hydrogens (primary N) is 1. The SMILES string of the molecule is CC(NS(=O)(=O)Cc1ccc(CN)cc1)C(C)(C)C. The van der Waals surface area contributed by atoms with Crippen LogP contribution >= 0.6 is 0 Å². The van der Waals surface area contributed by atoms with Crippen molar-refractivity contribution in [2.24, 2.45) is 11.1 Å². The van der Waals surface area contributed by atoms with Gasteiger partial charge in [0, 0.05) is 12.6 Å². The Hall–Kier alpha value is -0.910. The molecule has 1 aromatic rings. The first kappa shape index (κ1) is 16.1. The minimum absolute atomic E-state index is 0.00171. The van der Waals surface area contributed by atoms with E-state index in [9.17, 15) is 8.42 Å². The van der Waals surface area contributed by atoms with E-state index in [0.29, 0.717) is 6.54 Å². The van der Waals surface area contributed by atoms with Gasteiger partial charge >= 0.3 is 0 Å². The molecule has 0 fully saturated rings. The molecule has 5 heteroatoms. The second-order valence-corrected chi connectivity index (χ2v) is 7.74. The third kappa shape index (κ3) is 5.30. The molecular weight excluding hydrogens is 260 g/mol. The first-order valence-corrected chi connectivity index (χ1v) is 8.07.